The van der Waals surface area contributed by atoms with Crippen molar-refractivity contribution in [3.63, 3.8) is 0 Å². The third-order valence-corrected chi connectivity index (χ3v) is 7.30. The molecule has 1 aromatic rings. The lowest BCUT2D eigenvalue weighted by Crippen LogP contribution is -2.62. The molecule has 0 radical (unpaired) electrons. The third kappa shape index (κ3) is 3.51. The fourth-order valence-electron chi connectivity index (χ4n) is 5.47. The molecule has 5 heteroatoms. The number of carbonyl (C=O) groups is 1. The number of nitrogens with zero attached hydrogens (tertiary/aromatic N) is 3. The van der Waals surface area contributed by atoms with E-state index in [1.54, 1.807) is 0 Å². The third-order valence-electron chi connectivity index (χ3n) is 7.30. The van der Waals surface area contributed by atoms with Crippen molar-refractivity contribution in [2.75, 3.05) is 32.8 Å². The van der Waals surface area contributed by atoms with Crippen molar-refractivity contribution in [2.24, 2.45) is 5.41 Å². The number of nitriles is 1. The molecule has 1 spiro atoms. The minimum atomic E-state index is -0.303. The molecule has 3 fully saturated rings. The lowest BCUT2D eigenvalue weighted by molar-refractivity contribution is -0.0509. The van der Waals surface area contributed by atoms with Gasteiger partial charge in [0.1, 0.15) is 0 Å². The van der Waals surface area contributed by atoms with E-state index in [1.807, 2.05) is 30.0 Å². The van der Waals surface area contributed by atoms with Crippen LogP contribution in [0.5, 0.6) is 0 Å². The zero-order valence-corrected chi connectivity index (χ0v) is 16.9. The van der Waals surface area contributed by atoms with E-state index in [1.165, 1.54) is 18.4 Å². The fourth-order valence-corrected chi connectivity index (χ4v) is 5.47. The molecule has 4 rings (SSSR count). The molecule has 2 saturated heterocycles. The van der Waals surface area contributed by atoms with Gasteiger partial charge in [0, 0.05) is 24.5 Å². The largest absolute Gasteiger partial charge is 0.450 e. The number of carbonyl (C=O) groups excluding carboxylic acids is 1. The highest BCUT2D eigenvalue weighted by Gasteiger charge is 2.48. The quantitative estimate of drug-likeness (QED) is 0.796. The van der Waals surface area contributed by atoms with E-state index in [4.69, 9.17) is 4.74 Å². The molecule has 1 aliphatic carbocycles. The Morgan fingerprint density at radius 1 is 1.14 bits per heavy atom. The predicted octanol–water partition coefficient (Wildman–Crippen LogP) is 3.94. The first-order valence-corrected chi connectivity index (χ1v) is 10.7. The van der Waals surface area contributed by atoms with Crippen LogP contribution in [0.25, 0.3) is 0 Å². The average molecular weight is 382 g/mol. The minimum Gasteiger partial charge on any atom is -0.450 e. The summed E-state index contributed by atoms with van der Waals surface area (Å²) in [5.41, 5.74) is 1.20. The van der Waals surface area contributed by atoms with Crippen molar-refractivity contribution >= 4 is 6.09 Å². The normalized spacial score (nSPS) is 29.7. The first kappa shape index (κ1) is 19.3. The molecule has 0 unspecified atom stereocenters. The summed E-state index contributed by atoms with van der Waals surface area (Å²) in [5, 5.41) is 9.90. The monoisotopic (exact) mass is 381 g/mol. The van der Waals surface area contributed by atoms with Crippen LogP contribution in [0.15, 0.2) is 30.3 Å². The van der Waals surface area contributed by atoms with Gasteiger partial charge in [-0.15, -0.1) is 0 Å². The highest BCUT2D eigenvalue weighted by Crippen LogP contribution is 2.44. The minimum absolute atomic E-state index is 0.156. The van der Waals surface area contributed by atoms with Crippen molar-refractivity contribution in [1.29, 1.82) is 5.26 Å². The van der Waals surface area contributed by atoms with Gasteiger partial charge in [-0.3, -0.25) is 0 Å². The molecule has 5 nitrogen and oxygen atoms in total. The van der Waals surface area contributed by atoms with Crippen LogP contribution >= 0.6 is 0 Å². The van der Waals surface area contributed by atoms with E-state index in [9.17, 15) is 10.1 Å². The number of rotatable bonds is 3. The number of amides is 1. The second-order valence-corrected chi connectivity index (χ2v) is 8.88. The Hall–Kier alpha value is -2.06. The highest BCUT2D eigenvalue weighted by atomic mass is 16.6. The number of benzene rings is 1. The van der Waals surface area contributed by atoms with Gasteiger partial charge < -0.3 is 14.5 Å². The maximum atomic E-state index is 11.8. The van der Waals surface area contributed by atoms with Crippen LogP contribution in [-0.4, -0.2) is 54.7 Å². The van der Waals surface area contributed by atoms with Crippen LogP contribution < -0.4 is 0 Å². The molecule has 1 saturated carbocycles. The highest BCUT2D eigenvalue weighted by molar-refractivity contribution is 5.69. The predicted molar refractivity (Wildman–Crippen MR) is 108 cm³/mol. The average Bonchev–Trinajstić information content (AvgIpc) is 2.73. The molecule has 3 aliphatic rings. The Morgan fingerprint density at radius 2 is 1.79 bits per heavy atom. The second kappa shape index (κ2) is 7.75. The van der Waals surface area contributed by atoms with E-state index in [0.29, 0.717) is 18.1 Å². The number of hydrogen-bond donors (Lipinski definition) is 0. The molecule has 0 N–H and O–H groups in total. The summed E-state index contributed by atoms with van der Waals surface area (Å²) >= 11 is 0. The Bertz CT molecular complexity index is 718. The van der Waals surface area contributed by atoms with Crippen molar-refractivity contribution in [1.82, 2.24) is 9.80 Å². The second-order valence-electron chi connectivity index (χ2n) is 8.88. The van der Waals surface area contributed by atoms with E-state index in [2.05, 4.69) is 23.1 Å². The lowest BCUT2D eigenvalue weighted by Gasteiger charge is -2.54. The molecule has 2 heterocycles. The molecule has 0 atom stereocenters. The van der Waals surface area contributed by atoms with Crippen LogP contribution in [-0.2, 0) is 10.2 Å². The van der Waals surface area contributed by atoms with Gasteiger partial charge in [-0.1, -0.05) is 30.3 Å². The number of piperidine rings is 1. The standard InChI is InChI=1S/C23H31N3O2/c1-2-28-21(27)26-17-22(18-26)12-14-25(15-13-22)20-8-10-23(16-24,11-9-20)19-6-4-3-5-7-19/h3-7,20H,2,8-15,17-18H2,1H3. The summed E-state index contributed by atoms with van der Waals surface area (Å²) in [6.07, 6.45) is 6.29. The first-order chi connectivity index (χ1) is 13.6. The maximum Gasteiger partial charge on any atom is 0.409 e. The summed E-state index contributed by atoms with van der Waals surface area (Å²) in [6.45, 7) is 6.25. The van der Waals surface area contributed by atoms with Gasteiger partial charge in [-0.05, 0) is 64.1 Å². The van der Waals surface area contributed by atoms with Crippen LogP contribution in [0.4, 0.5) is 4.79 Å². The smallest absolute Gasteiger partial charge is 0.409 e. The van der Waals surface area contributed by atoms with Gasteiger partial charge >= 0.3 is 6.09 Å². The van der Waals surface area contributed by atoms with Crippen LogP contribution in [0, 0.1) is 16.7 Å². The molecule has 0 bridgehead atoms. The van der Waals surface area contributed by atoms with Gasteiger partial charge in [0.2, 0.25) is 0 Å². The van der Waals surface area contributed by atoms with Crippen LogP contribution in [0.2, 0.25) is 0 Å². The zero-order chi connectivity index (χ0) is 19.6. The van der Waals surface area contributed by atoms with E-state index >= 15 is 0 Å². The Kier molecular flexibility index (Phi) is 5.33. The summed E-state index contributed by atoms with van der Waals surface area (Å²) in [5.74, 6) is 0. The van der Waals surface area contributed by atoms with Crippen molar-refractivity contribution < 1.29 is 9.53 Å². The number of hydrogen-bond acceptors (Lipinski definition) is 4. The van der Waals surface area contributed by atoms with E-state index in [0.717, 1.165) is 51.9 Å². The summed E-state index contributed by atoms with van der Waals surface area (Å²) < 4.78 is 5.11. The number of ether oxygens (including phenoxy) is 1. The van der Waals surface area contributed by atoms with Gasteiger partial charge in [0.05, 0.1) is 18.1 Å². The number of likely N-dealkylation sites (tertiary alicyclic amines) is 2. The zero-order valence-electron chi connectivity index (χ0n) is 16.9. The van der Waals surface area contributed by atoms with Crippen LogP contribution in [0.3, 0.4) is 0 Å². The molecular formula is C23H31N3O2. The Morgan fingerprint density at radius 3 is 2.36 bits per heavy atom. The van der Waals surface area contributed by atoms with Gasteiger partial charge in [0.25, 0.3) is 0 Å². The van der Waals surface area contributed by atoms with Crippen molar-refractivity contribution in [2.45, 2.75) is 56.9 Å². The molecule has 28 heavy (non-hydrogen) atoms. The summed E-state index contributed by atoms with van der Waals surface area (Å²) in [6, 6.07) is 13.6. The Labute approximate surface area is 168 Å². The maximum absolute atomic E-state index is 11.8. The van der Waals surface area contributed by atoms with Gasteiger partial charge in [0.15, 0.2) is 0 Å². The molecular weight excluding hydrogens is 350 g/mol. The van der Waals surface area contributed by atoms with Crippen molar-refractivity contribution in [3.8, 4) is 6.07 Å². The topological polar surface area (TPSA) is 56.6 Å². The Balaban J connectivity index is 1.28. The SMILES string of the molecule is CCOC(=O)N1CC2(CCN(C3CCC(C#N)(c4ccccc4)CC3)CC2)C1. The van der Waals surface area contributed by atoms with E-state index in [-0.39, 0.29) is 11.5 Å². The summed E-state index contributed by atoms with van der Waals surface area (Å²) in [4.78, 5) is 16.3. The fraction of sp³-hybridized carbons (Fsp3) is 0.652. The van der Waals surface area contributed by atoms with Crippen LogP contribution in [0.1, 0.15) is 51.0 Å². The molecule has 0 aromatic heterocycles. The lowest BCUT2D eigenvalue weighted by atomic mass is 9.68. The molecule has 150 valence electrons. The van der Waals surface area contributed by atoms with E-state index < -0.39 is 0 Å². The van der Waals surface area contributed by atoms with Gasteiger partial charge in [-0.2, -0.15) is 5.26 Å². The molecule has 1 aromatic carbocycles. The first-order valence-electron chi connectivity index (χ1n) is 10.7. The summed E-state index contributed by atoms with van der Waals surface area (Å²) in [7, 11) is 0. The van der Waals surface area contributed by atoms with Gasteiger partial charge in [-0.25, -0.2) is 4.79 Å². The molecule has 2 aliphatic heterocycles. The molecule has 1 amide bonds. The van der Waals surface area contributed by atoms with Crippen molar-refractivity contribution in [3.05, 3.63) is 35.9 Å².